The Labute approximate surface area is 127 Å². The molecular formula is C19H24FN. The van der Waals surface area contributed by atoms with Crippen LogP contribution in [0.4, 0.5) is 4.39 Å². The molecule has 0 aliphatic heterocycles. The van der Waals surface area contributed by atoms with E-state index in [4.69, 9.17) is 0 Å². The van der Waals surface area contributed by atoms with E-state index >= 15 is 0 Å². The van der Waals surface area contributed by atoms with E-state index in [2.05, 4.69) is 38.2 Å². The van der Waals surface area contributed by atoms with Crippen molar-refractivity contribution in [1.29, 1.82) is 0 Å². The molecule has 0 aliphatic carbocycles. The summed E-state index contributed by atoms with van der Waals surface area (Å²) in [5.74, 6) is 0.0384. The highest BCUT2D eigenvalue weighted by atomic mass is 19.1. The molecule has 112 valence electrons. The summed E-state index contributed by atoms with van der Waals surface area (Å²) in [6.07, 6.45) is 0.861. The fourth-order valence-corrected chi connectivity index (χ4v) is 3.12. The summed E-state index contributed by atoms with van der Waals surface area (Å²) in [5.41, 5.74) is 6.01. The van der Waals surface area contributed by atoms with Crippen molar-refractivity contribution in [2.24, 2.45) is 0 Å². The van der Waals surface area contributed by atoms with E-state index in [0.717, 1.165) is 18.5 Å². The molecule has 0 saturated carbocycles. The van der Waals surface area contributed by atoms with Crippen LogP contribution in [0.5, 0.6) is 0 Å². The summed E-state index contributed by atoms with van der Waals surface area (Å²) in [7, 11) is 1.92. The first-order valence-corrected chi connectivity index (χ1v) is 7.48. The first-order chi connectivity index (χ1) is 10.0. The van der Waals surface area contributed by atoms with Crippen LogP contribution in [0, 0.1) is 26.6 Å². The van der Waals surface area contributed by atoms with E-state index in [9.17, 15) is 4.39 Å². The molecule has 1 N–H and O–H groups in total. The SMILES string of the molecule is CNCC(Cc1c(C)cc(C)cc1C)c1ccccc1F. The minimum atomic E-state index is -0.111. The number of rotatable bonds is 5. The predicted molar refractivity (Wildman–Crippen MR) is 87.4 cm³/mol. The Morgan fingerprint density at radius 1 is 1.05 bits per heavy atom. The molecule has 1 atom stereocenters. The minimum absolute atomic E-state index is 0.111. The van der Waals surface area contributed by atoms with Crippen molar-refractivity contribution < 1.29 is 4.39 Å². The summed E-state index contributed by atoms with van der Waals surface area (Å²) in [6, 6.07) is 11.5. The molecule has 0 aromatic heterocycles. The topological polar surface area (TPSA) is 12.0 Å². The van der Waals surface area contributed by atoms with Crippen LogP contribution in [0.25, 0.3) is 0 Å². The van der Waals surface area contributed by atoms with Gasteiger partial charge in [0.25, 0.3) is 0 Å². The van der Waals surface area contributed by atoms with E-state index in [-0.39, 0.29) is 11.7 Å². The summed E-state index contributed by atoms with van der Waals surface area (Å²) in [4.78, 5) is 0. The fourth-order valence-electron chi connectivity index (χ4n) is 3.12. The van der Waals surface area contributed by atoms with Gasteiger partial charge in [-0.05, 0) is 62.6 Å². The molecule has 1 unspecified atom stereocenters. The van der Waals surface area contributed by atoms with Crippen LogP contribution in [0.15, 0.2) is 36.4 Å². The van der Waals surface area contributed by atoms with Crippen molar-refractivity contribution in [3.05, 3.63) is 70.0 Å². The lowest BCUT2D eigenvalue weighted by molar-refractivity contribution is 0.555. The molecule has 0 radical (unpaired) electrons. The zero-order valence-corrected chi connectivity index (χ0v) is 13.3. The maximum absolute atomic E-state index is 14.1. The zero-order valence-electron chi connectivity index (χ0n) is 13.3. The Hall–Kier alpha value is -1.67. The monoisotopic (exact) mass is 285 g/mol. The quantitative estimate of drug-likeness (QED) is 0.864. The number of benzene rings is 2. The average molecular weight is 285 g/mol. The van der Waals surface area contributed by atoms with Gasteiger partial charge in [-0.1, -0.05) is 35.9 Å². The van der Waals surface area contributed by atoms with Gasteiger partial charge in [0.2, 0.25) is 0 Å². The largest absolute Gasteiger partial charge is 0.319 e. The van der Waals surface area contributed by atoms with Gasteiger partial charge in [-0.25, -0.2) is 4.39 Å². The van der Waals surface area contributed by atoms with Crippen LogP contribution >= 0.6 is 0 Å². The molecule has 0 heterocycles. The van der Waals surface area contributed by atoms with Gasteiger partial charge in [-0.15, -0.1) is 0 Å². The van der Waals surface area contributed by atoms with Gasteiger partial charge < -0.3 is 5.32 Å². The highest BCUT2D eigenvalue weighted by molar-refractivity contribution is 5.39. The summed E-state index contributed by atoms with van der Waals surface area (Å²) in [5, 5.41) is 3.20. The third-order valence-corrected chi connectivity index (χ3v) is 4.09. The van der Waals surface area contributed by atoms with Crippen molar-refractivity contribution >= 4 is 0 Å². The molecule has 0 saturated heterocycles. The van der Waals surface area contributed by atoms with E-state index in [1.165, 1.54) is 22.3 Å². The second kappa shape index (κ2) is 6.86. The second-order valence-corrected chi connectivity index (χ2v) is 5.86. The Kier molecular flexibility index (Phi) is 5.13. The Morgan fingerprint density at radius 2 is 1.67 bits per heavy atom. The predicted octanol–water partition coefficient (Wildman–Crippen LogP) is 4.30. The standard InChI is InChI=1S/C19H24FN/c1-13-9-14(2)18(15(3)10-13)11-16(12-21-4)17-7-5-6-8-19(17)20/h5-10,16,21H,11-12H2,1-4H3. The lowest BCUT2D eigenvalue weighted by atomic mass is 9.87. The van der Waals surface area contributed by atoms with Crippen LogP contribution in [0.1, 0.15) is 33.7 Å². The Bertz CT molecular complexity index is 596. The third-order valence-electron chi connectivity index (χ3n) is 4.09. The molecular weight excluding hydrogens is 261 g/mol. The van der Waals surface area contributed by atoms with Crippen molar-refractivity contribution in [3.8, 4) is 0 Å². The number of hydrogen-bond acceptors (Lipinski definition) is 1. The first kappa shape index (κ1) is 15.7. The highest BCUT2D eigenvalue weighted by Crippen LogP contribution is 2.27. The molecule has 2 aromatic rings. The molecule has 0 amide bonds. The summed E-state index contributed by atoms with van der Waals surface area (Å²) < 4.78 is 14.1. The fraction of sp³-hybridized carbons (Fsp3) is 0.368. The van der Waals surface area contributed by atoms with Crippen molar-refractivity contribution in [1.82, 2.24) is 5.32 Å². The van der Waals surface area contributed by atoms with Crippen molar-refractivity contribution in [2.45, 2.75) is 33.1 Å². The van der Waals surface area contributed by atoms with Gasteiger partial charge in [0.1, 0.15) is 5.82 Å². The third kappa shape index (κ3) is 3.70. The maximum Gasteiger partial charge on any atom is 0.126 e. The van der Waals surface area contributed by atoms with E-state index in [0.29, 0.717) is 0 Å². The average Bonchev–Trinajstić information content (AvgIpc) is 2.42. The van der Waals surface area contributed by atoms with Crippen molar-refractivity contribution in [2.75, 3.05) is 13.6 Å². The van der Waals surface area contributed by atoms with E-state index in [1.54, 1.807) is 12.1 Å². The Morgan fingerprint density at radius 3 is 2.24 bits per heavy atom. The summed E-state index contributed by atoms with van der Waals surface area (Å²) in [6.45, 7) is 7.18. The summed E-state index contributed by atoms with van der Waals surface area (Å²) >= 11 is 0. The molecule has 0 fully saturated rings. The van der Waals surface area contributed by atoms with Crippen LogP contribution in [0.3, 0.4) is 0 Å². The van der Waals surface area contributed by atoms with E-state index in [1.807, 2.05) is 19.2 Å². The van der Waals surface area contributed by atoms with Gasteiger partial charge >= 0.3 is 0 Å². The zero-order chi connectivity index (χ0) is 15.4. The molecule has 21 heavy (non-hydrogen) atoms. The Balaban J connectivity index is 2.36. The van der Waals surface area contributed by atoms with Crippen LogP contribution < -0.4 is 5.32 Å². The highest BCUT2D eigenvalue weighted by Gasteiger charge is 2.17. The van der Waals surface area contributed by atoms with Crippen LogP contribution in [-0.4, -0.2) is 13.6 Å². The number of nitrogens with one attached hydrogen (secondary N) is 1. The number of halogens is 1. The normalized spacial score (nSPS) is 12.4. The second-order valence-electron chi connectivity index (χ2n) is 5.86. The minimum Gasteiger partial charge on any atom is -0.319 e. The lowest BCUT2D eigenvalue weighted by Gasteiger charge is -2.21. The van der Waals surface area contributed by atoms with Gasteiger partial charge in [-0.3, -0.25) is 0 Å². The van der Waals surface area contributed by atoms with Gasteiger partial charge in [-0.2, -0.15) is 0 Å². The maximum atomic E-state index is 14.1. The molecule has 0 bridgehead atoms. The molecule has 2 aromatic carbocycles. The lowest BCUT2D eigenvalue weighted by Crippen LogP contribution is -2.21. The smallest absolute Gasteiger partial charge is 0.126 e. The van der Waals surface area contributed by atoms with Crippen molar-refractivity contribution in [3.63, 3.8) is 0 Å². The number of aryl methyl sites for hydroxylation is 3. The van der Waals surface area contributed by atoms with Crippen LogP contribution in [-0.2, 0) is 6.42 Å². The molecule has 0 spiro atoms. The number of hydrogen-bond donors (Lipinski definition) is 1. The molecule has 0 aliphatic rings. The van der Waals surface area contributed by atoms with Gasteiger partial charge in [0, 0.05) is 12.5 Å². The van der Waals surface area contributed by atoms with Crippen LogP contribution in [0.2, 0.25) is 0 Å². The van der Waals surface area contributed by atoms with Gasteiger partial charge in [0.15, 0.2) is 0 Å². The van der Waals surface area contributed by atoms with Gasteiger partial charge in [0.05, 0.1) is 0 Å². The first-order valence-electron chi connectivity index (χ1n) is 7.48. The van der Waals surface area contributed by atoms with E-state index < -0.39 is 0 Å². The molecule has 2 heteroatoms. The number of likely N-dealkylation sites (N-methyl/N-ethyl adjacent to an activating group) is 1. The molecule has 1 nitrogen and oxygen atoms in total. The molecule has 2 rings (SSSR count).